The van der Waals surface area contributed by atoms with Crippen LogP contribution in [0.1, 0.15) is 0 Å². The predicted molar refractivity (Wildman–Crippen MR) is 87.7 cm³/mol. The Kier molecular flexibility index (Phi) is 3.59. The van der Waals surface area contributed by atoms with E-state index in [1.54, 1.807) is 25.8 Å². The largest absolute Gasteiger partial charge is 0.493 e. The van der Waals surface area contributed by atoms with Gasteiger partial charge in [-0.25, -0.2) is 0 Å². The number of nitrogens with zero attached hydrogens (tertiary/aromatic N) is 1. The number of rotatable bonds is 3. The first-order valence-corrected chi connectivity index (χ1v) is 6.97. The summed E-state index contributed by atoms with van der Waals surface area (Å²) in [4.78, 5) is 12.5. The highest BCUT2D eigenvalue weighted by molar-refractivity contribution is 5.85. The summed E-state index contributed by atoms with van der Waals surface area (Å²) in [5.74, 6) is 1.30. The minimum Gasteiger partial charge on any atom is -0.493 e. The maximum Gasteiger partial charge on any atom is 0.258 e. The van der Waals surface area contributed by atoms with Crippen LogP contribution in [0.25, 0.3) is 22.0 Å². The molecule has 0 atom stereocenters. The summed E-state index contributed by atoms with van der Waals surface area (Å²) in [5, 5.41) is 1.64. The van der Waals surface area contributed by atoms with E-state index < -0.39 is 0 Å². The molecule has 0 spiro atoms. The van der Waals surface area contributed by atoms with Crippen molar-refractivity contribution in [3.05, 3.63) is 58.9 Å². The summed E-state index contributed by atoms with van der Waals surface area (Å²) >= 11 is 0. The second-order valence-corrected chi connectivity index (χ2v) is 5.05. The molecule has 2 aromatic carbocycles. The van der Waals surface area contributed by atoms with Gasteiger partial charge in [0.2, 0.25) is 0 Å². The fraction of sp³-hybridized carbons (Fsp3) is 0.167. The highest BCUT2D eigenvalue weighted by Crippen LogP contribution is 2.32. The van der Waals surface area contributed by atoms with Gasteiger partial charge in [-0.1, -0.05) is 18.2 Å². The van der Waals surface area contributed by atoms with Gasteiger partial charge in [0, 0.05) is 18.0 Å². The molecular weight excluding hydrogens is 278 g/mol. The van der Waals surface area contributed by atoms with Crippen molar-refractivity contribution in [2.75, 3.05) is 14.2 Å². The van der Waals surface area contributed by atoms with Gasteiger partial charge in [-0.3, -0.25) is 4.79 Å². The number of hydrogen-bond donors (Lipinski definition) is 0. The van der Waals surface area contributed by atoms with Crippen LogP contribution in [-0.4, -0.2) is 18.8 Å². The first kappa shape index (κ1) is 14.2. The third kappa shape index (κ3) is 2.22. The summed E-state index contributed by atoms with van der Waals surface area (Å²) in [7, 11) is 4.98. The molecule has 0 aliphatic rings. The Morgan fingerprint density at radius 3 is 2.36 bits per heavy atom. The number of pyridine rings is 1. The van der Waals surface area contributed by atoms with Crippen LogP contribution in [0.4, 0.5) is 0 Å². The predicted octanol–water partition coefficient (Wildman–Crippen LogP) is 3.22. The number of ether oxygens (including phenoxy) is 2. The molecule has 4 heteroatoms. The molecule has 0 saturated heterocycles. The van der Waals surface area contributed by atoms with E-state index in [9.17, 15) is 4.79 Å². The van der Waals surface area contributed by atoms with Crippen LogP contribution in [0.15, 0.2) is 53.3 Å². The summed E-state index contributed by atoms with van der Waals surface area (Å²) < 4.78 is 12.3. The zero-order valence-electron chi connectivity index (χ0n) is 12.8. The highest BCUT2D eigenvalue weighted by Gasteiger charge is 2.11. The van der Waals surface area contributed by atoms with Crippen molar-refractivity contribution in [2.45, 2.75) is 0 Å². The number of benzene rings is 2. The minimum atomic E-state index is -0.0112. The second kappa shape index (κ2) is 5.56. The molecule has 0 radical (unpaired) electrons. The van der Waals surface area contributed by atoms with Crippen LogP contribution in [-0.2, 0) is 7.05 Å². The molecule has 0 fully saturated rings. The molecule has 1 aromatic heterocycles. The van der Waals surface area contributed by atoms with Crippen LogP contribution in [0.3, 0.4) is 0 Å². The van der Waals surface area contributed by atoms with E-state index in [0.29, 0.717) is 16.9 Å². The molecular formula is C18H17NO3. The standard InChI is InChI=1S/C18H17NO3/c1-19-15(10-12-6-4-5-7-14(12)18(19)20)13-8-9-16(21-2)17(11-13)22-3/h4-11H,1-3H3. The third-order valence-electron chi connectivity index (χ3n) is 3.83. The van der Waals surface area contributed by atoms with E-state index in [1.165, 1.54) is 0 Å². The quantitative estimate of drug-likeness (QED) is 0.745. The van der Waals surface area contributed by atoms with Crippen molar-refractivity contribution in [1.29, 1.82) is 0 Å². The zero-order chi connectivity index (χ0) is 15.7. The number of methoxy groups -OCH3 is 2. The van der Waals surface area contributed by atoms with Gasteiger partial charge in [-0.2, -0.15) is 0 Å². The number of aromatic nitrogens is 1. The first-order chi connectivity index (χ1) is 10.7. The van der Waals surface area contributed by atoms with Crippen molar-refractivity contribution < 1.29 is 9.47 Å². The monoisotopic (exact) mass is 295 g/mol. The van der Waals surface area contributed by atoms with Crippen LogP contribution >= 0.6 is 0 Å². The Bertz CT molecular complexity index is 896. The van der Waals surface area contributed by atoms with Gasteiger partial charge < -0.3 is 14.0 Å². The molecule has 3 rings (SSSR count). The maximum atomic E-state index is 12.5. The topological polar surface area (TPSA) is 40.5 Å². The van der Waals surface area contributed by atoms with E-state index in [2.05, 4.69) is 0 Å². The Morgan fingerprint density at radius 1 is 0.909 bits per heavy atom. The Labute approximate surface area is 128 Å². The smallest absolute Gasteiger partial charge is 0.258 e. The molecule has 0 aliphatic heterocycles. The van der Waals surface area contributed by atoms with Crippen LogP contribution in [0.2, 0.25) is 0 Å². The summed E-state index contributed by atoms with van der Waals surface area (Å²) in [6.45, 7) is 0. The lowest BCUT2D eigenvalue weighted by molar-refractivity contribution is 0.355. The van der Waals surface area contributed by atoms with Crippen molar-refractivity contribution in [1.82, 2.24) is 4.57 Å². The maximum absolute atomic E-state index is 12.5. The highest BCUT2D eigenvalue weighted by atomic mass is 16.5. The van der Waals surface area contributed by atoms with Crippen LogP contribution in [0.5, 0.6) is 11.5 Å². The fourth-order valence-corrected chi connectivity index (χ4v) is 2.62. The van der Waals surface area contributed by atoms with Gasteiger partial charge in [-0.05, 0) is 35.7 Å². The van der Waals surface area contributed by atoms with E-state index in [4.69, 9.17) is 9.47 Å². The van der Waals surface area contributed by atoms with Gasteiger partial charge in [-0.15, -0.1) is 0 Å². The molecule has 112 valence electrons. The molecule has 0 N–H and O–H groups in total. The van der Waals surface area contributed by atoms with E-state index in [1.807, 2.05) is 48.5 Å². The normalized spacial score (nSPS) is 10.7. The average Bonchev–Trinajstić information content (AvgIpc) is 2.57. The van der Waals surface area contributed by atoms with Gasteiger partial charge in [0.25, 0.3) is 5.56 Å². The minimum absolute atomic E-state index is 0.0112. The van der Waals surface area contributed by atoms with Crippen molar-refractivity contribution in [2.24, 2.45) is 7.05 Å². The van der Waals surface area contributed by atoms with E-state index in [-0.39, 0.29) is 5.56 Å². The SMILES string of the molecule is COc1ccc(-c2cc3ccccc3c(=O)n2C)cc1OC. The second-order valence-electron chi connectivity index (χ2n) is 5.05. The Morgan fingerprint density at radius 2 is 1.64 bits per heavy atom. The Hall–Kier alpha value is -2.75. The Balaban J connectivity index is 2.26. The third-order valence-corrected chi connectivity index (χ3v) is 3.83. The van der Waals surface area contributed by atoms with Crippen molar-refractivity contribution in [3.8, 4) is 22.8 Å². The summed E-state index contributed by atoms with van der Waals surface area (Å²) in [6, 6.07) is 15.2. The van der Waals surface area contributed by atoms with Crippen LogP contribution in [0, 0.1) is 0 Å². The number of hydrogen-bond acceptors (Lipinski definition) is 3. The molecule has 3 aromatic rings. The fourth-order valence-electron chi connectivity index (χ4n) is 2.62. The van der Waals surface area contributed by atoms with Crippen molar-refractivity contribution >= 4 is 10.8 Å². The van der Waals surface area contributed by atoms with Crippen molar-refractivity contribution in [3.63, 3.8) is 0 Å². The van der Waals surface area contributed by atoms with Gasteiger partial charge >= 0.3 is 0 Å². The molecule has 0 amide bonds. The summed E-state index contributed by atoms with van der Waals surface area (Å²) in [5.41, 5.74) is 1.73. The molecule has 0 aliphatic carbocycles. The average molecular weight is 295 g/mol. The van der Waals surface area contributed by atoms with Gasteiger partial charge in [0.15, 0.2) is 11.5 Å². The molecule has 1 heterocycles. The number of fused-ring (bicyclic) bond motifs is 1. The molecule has 0 saturated carbocycles. The van der Waals surface area contributed by atoms with E-state index >= 15 is 0 Å². The van der Waals surface area contributed by atoms with Gasteiger partial charge in [0.1, 0.15) is 0 Å². The van der Waals surface area contributed by atoms with Crippen LogP contribution < -0.4 is 15.0 Å². The molecule has 0 unspecified atom stereocenters. The molecule has 22 heavy (non-hydrogen) atoms. The van der Waals surface area contributed by atoms with E-state index in [0.717, 1.165) is 16.6 Å². The molecule has 0 bridgehead atoms. The first-order valence-electron chi connectivity index (χ1n) is 6.97. The lowest BCUT2D eigenvalue weighted by atomic mass is 10.1. The lowest BCUT2D eigenvalue weighted by Gasteiger charge is -2.13. The lowest BCUT2D eigenvalue weighted by Crippen LogP contribution is -2.18. The zero-order valence-corrected chi connectivity index (χ0v) is 12.8. The molecule has 4 nitrogen and oxygen atoms in total. The van der Waals surface area contributed by atoms with Gasteiger partial charge in [0.05, 0.1) is 19.9 Å². The summed E-state index contributed by atoms with van der Waals surface area (Å²) in [6.07, 6.45) is 0.